The van der Waals surface area contributed by atoms with Crippen LogP contribution in [0.3, 0.4) is 0 Å². The van der Waals surface area contributed by atoms with Crippen molar-refractivity contribution < 1.29 is 0 Å². The molecule has 2 aromatic rings. The highest BCUT2D eigenvalue weighted by Gasteiger charge is 2.12. The van der Waals surface area contributed by atoms with Gasteiger partial charge in [0.25, 0.3) is 0 Å². The van der Waals surface area contributed by atoms with Crippen LogP contribution in [-0.4, -0.2) is 6.54 Å². The Morgan fingerprint density at radius 1 is 1.05 bits per heavy atom. The first-order valence-electron chi connectivity index (χ1n) is 6.78. The minimum atomic E-state index is 0.648. The predicted molar refractivity (Wildman–Crippen MR) is 87.0 cm³/mol. The number of aryl methyl sites for hydroxylation is 1. The van der Waals surface area contributed by atoms with E-state index in [-0.39, 0.29) is 0 Å². The summed E-state index contributed by atoms with van der Waals surface area (Å²) in [5.74, 6) is 0. The molecule has 1 aliphatic rings. The van der Waals surface area contributed by atoms with Gasteiger partial charge < -0.3 is 10.6 Å². The van der Waals surface area contributed by atoms with Crippen molar-refractivity contribution in [2.75, 3.05) is 17.2 Å². The molecular weight excluding hydrogens is 291 g/mol. The molecule has 0 saturated heterocycles. The SMILES string of the molecule is Clc1cccc(Cl)c1NCc1cccc2c1NCCC2. The second-order valence-electron chi connectivity index (χ2n) is 4.93. The van der Waals surface area contributed by atoms with Crippen LogP contribution in [-0.2, 0) is 13.0 Å². The molecule has 0 saturated carbocycles. The van der Waals surface area contributed by atoms with Crippen LogP contribution in [0, 0.1) is 0 Å². The molecule has 3 rings (SSSR count). The third-order valence-corrected chi connectivity index (χ3v) is 4.21. The lowest BCUT2D eigenvalue weighted by atomic mass is 9.99. The molecule has 2 N–H and O–H groups in total. The molecule has 0 bridgehead atoms. The van der Waals surface area contributed by atoms with Gasteiger partial charge >= 0.3 is 0 Å². The first-order chi connectivity index (χ1) is 9.75. The van der Waals surface area contributed by atoms with E-state index in [1.807, 2.05) is 18.2 Å². The molecule has 0 unspecified atom stereocenters. The molecular formula is C16H16Cl2N2. The van der Waals surface area contributed by atoms with Gasteiger partial charge in [-0.25, -0.2) is 0 Å². The molecule has 0 spiro atoms. The minimum Gasteiger partial charge on any atom is -0.385 e. The number of benzene rings is 2. The van der Waals surface area contributed by atoms with Gasteiger partial charge in [0.2, 0.25) is 0 Å². The van der Waals surface area contributed by atoms with Gasteiger partial charge in [-0.2, -0.15) is 0 Å². The summed E-state index contributed by atoms with van der Waals surface area (Å²) < 4.78 is 0. The first-order valence-corrected chi connectivity index (χ1v) is 7.54. The van der Waals surface area contributed by atoms with E-state index in [4.69, 9.17) is 23.2 Å². The third kappa shape index (κ3) is 2.72. The summed E-state index contributed by atoms with van der Waals surface area (Å²) >= 11 is 12.4. The smallest absolute Gasteiger partial charge is 0.0721 e. The Labute approximate surface area is 129 Å². The quantitative estimate of drug-likeness (QED) is 0.837. The molecule has 2 aromatic carbocycles. The second-order valence-corrected chi connectivity index (χ2v) is 5.75. The second kappa shape index (κ2) is 5.94. The average molecular weight is 307 g/mol. The zero-order valence-electron chi connectivity index (χ0n) is 11.0. The van der Waals surface area contributed by atoms with Crippen LogP contribution in [0.2, 0.25) is 10.0 Å². The van der Waals surface area contributed by atoms with Crippen LogP contribution >= 0.6 is 23.2 Å². The zero-order valence-corrected chi connectivity index (χ0v) is 12.6. The van der Waals surface area contributed by atoms with E-state index in [1.165, 1.54) is 23.2 Å². The summed E-state index contributed by atoms with van der Waals surface area (Å²) in [6.07, 6.45) is 2.34. The number of para-hydroxylation sites is 2. The van der Waals surface area contributed by atoms with E-state index in [0.717, 1.165) is 18.7 Å². The fourth-order valence-corrected chi connectivity index (χ4v) is 3.11. The van der Waals surface area contributed by atoms with Crippen molar-refractivity contribution in [1.29, 1.82) is 0 Å². The number of anilines is 2. The van der Waals surface area contributed by atoms with Gasteiger partial charge in [0.05, 0.1) is 15.7 Å². The summed E-state index contributed by atoms with van der Waals surface area (Å²) in [5, 5.41) is 8.13. The molecule has 0 atom stereocenters. The largest absolute Gasteiger partial charge is 0.385 e. The molecule has 2 nitrogen and oxygen atoms in total. The Morgan fingerprint density at radius 3 is 2.60 bits per heavy atom. The topological polar surface area (TPSA) is 24.1 Å². The predicted octanol–water partition coefficient (Wildman–Crippen LogP) is 4.96. The van der Waals surface area contributed by atoms with Crippen molar-refractivity contribution in [3.8, 4) is 0 Å². The third-order valence-electron chi connectivity index (χ3n) is 3.58. The number of hydrogen-bond donors (Lipinski definition) is 2. The van der Waals surface area contributed by atoms with Crippen molar-refractivity contribution in [2.45, 2.75) is 19.4 Å². The van der Waals surface area contributed by atoms with Gasteiger partial charge in [0.1, 0.15) is 0 Å². The molecule has 0 radical (unpaired) electrons. The maximum Gasteiger partial charge on any atom is 0.0721 e. The highest BCUT2D eigenvalue weighted by Crippen LogP contribution is 2.32. The van der Waals surface area contributed by atoms with Crippen molar-refractivity contribution in [3.05, 3.63) is 57.6 Å². The highest BCUT2D eigenvalue weighted by molar-refractivity contribution is 6.39. The molecule has 4 heteroatoms. The Bertz CT molecular complexity index is 606. The summed E-state index contributed by atoms with van der Waals surface area (Å²) in [6, 6.07) is 12.0. The minimum absolute atomic E-state index is 0.648. The Kier molecular flexibility index (Phi) is 4.04. The van der Waals surface area contributed by atoms with Crippen LogP contribution in [0.5, 0.6) is 0 Å². The van der Waals surface area contributed by atoms with Crippen molar-refractivity contribution in [2.24, 2.45) is 0 Å². The van der Waals surface area contributed by atoms with Crippen molar-refractivity contribution >= 4 is 34.6 Å². The Morgan fingerprint density at radius 2 is 1.80 bits per heavy atom. The molecule has 0 aliphatic carbocycles. The Hall–Kier alpha value is -1.38. The van der Waals surface area contributed by atoms with Gasteiger partial charge in [-0.15, -0.1) is 0 Å². The summed E-state index contributed by atoms with van der Waals surface area (Å²) in [7, 11) is 0. The number of rotatable bonds is 3. The van der Waals surface area contributed by atoms with E-state index >= 15 is 0 Å². The Balaban J connectivity index is 1.82. The molecule has 1 heterocycles. The van der Waals surface area contributed by atoms with E-state index in [0.29, 0.717) is 16.6 Å². The summed E-state index contributed by atoms with van der Waals surface area (Å²) in [4.78, 5) is 0. The van der Waals surface area contributed by atoms with Gasteiger partial charge in [-0.3, -0.25) is 0 Å². The molecule has 104 valence electrons. The van der Waals surface area contributed by atoms with Crippen LogP contribution in [0.4, 0.5) is 11.4 Å². The monoisotopic (exact) mass is 306 g/mol. The maximum absolute atomic E-state index is 6.18. The van der Waals surface area contributed by atoms with E-state index in [9.17, 15) is 0 Å². The van der Waals surface area contributed by atoms with Gasteiger partial charge in [-0.1, -0.05) is 47.5 Å². The first kappa shape index (κ1) is 13.6. The number of nitrogens with one attached hydrogen (secondary N) is 2. The fourth-order valence-electron chi connectivity index (χ4n) is 2.58. The summed E-state index contributed by atoms with van der Waals surface area (Å²) in [5.41, 5.74) is 4.69. The normalized spacial score (nSPS) is 13.5. The van der Waals surface area contributed by atoms with Crippen molar-refractivity contribution in [1.82, 2.24) is 0 Å². The van der Waals surface area contributed by atoms with Crippen molar-refractivity contribution in [3.63, 3.8) is 0 Å². The lowest BCUT2D eigenvalue weighted by molar-refractivity contribution is 0.825. The number of hydrogen-bond acceptors (Lipinski definition) is 2. The average Bonchev–Trinajstić information content (AvgIpc) is 2.47. The summed E-state index contributed by atoms with van der Waals surface area (Å²) in [6.45, 7) is 1.75. The highest BCUT2D eigenvalue weighted by atomic mass is 35.5. The fraction of sp³-hybridized carbons (Fsp3) is 0.250. The number of halogens is 2. The van der Waals surface area contributed by atoms with E-state index in [2.05, 4.69) is 28.8 Å². The number of fused-ring (bicyclic) bond motifs is 1. The van der Waals surface area contributed by atoms with Crippen LogP contribution in [0.15, 0.2) is 36.4 Å². The van der Waals surface area contributed by atoms with Crippen LogP contribution in [0.1, 0.15) is 17.5 Å². The van der Waals surface area contributed by atoms with E-state index < -0.39 is 0 Å². The maximum atomic E-state index is 6.18. The molecule has 20 heavy (non-hydrogen) atoms. The van der Waals surface area contributed by atoms with Gasteiger partial charge in [0.15, 0.2) is 0 Å². The molecule has 1 aliphatic heterocycles. The molecule has 0 fully saturated rings. The zero-order chi connectivity index (χ0) is 13.9. The van der Waals surface area contributed by atoms with Crippen LogP contribution in [0.25, 0.3) is 0 Å². The molecule has 0 aromatic heterocycles. The van der Waals surface area contributed by atoms with E-state index in [1.54, 1.807) is 0 Å². The van der Waals surface area contributed by atoms with Gasteiger partial charge in [0, 0.05) is 18.8 Å². The standard InChI is InChI=1S/C16H16Cl2N2/c17-13-7-2-8-14(18)16(13)20-10-12-5-1-4-11-6-3-9-19-15(11)12/h1-2,4-5,7-8,19-20H,3,6,9-10H2. The van der Waals surface area contributed by atoms with Gasteiger partial charge in [-0.05, 0) is 36.1 Å². The lowest BCUT2D eigenvalue weighted by Crippen LogP contribution is -2.15. The van der Waals surface area contributed by atoms with Crippen LogP contribution < -0.4 is 10.6 Å². The lowest BCUT2D eigenvalue weighted by Gasteiger charge is -2.22. The molecule has 0 amide bonds.